The zero-order valence-electron chi connectivity index (χ0n) is 19.8. The van der Waals surface area contributed by atoms with Crippen LogP contribution in [0.3, 0.4) is 0 Å². The highest BCUT2D eigenvalue weighted by Gasteiger charge is 2.22. The molecule has 0 bridgehead atoms. The third kappa shape index (κ3) is 4.57. The van der Waals surface area contributed by atoms with Crippen LogP contribution in [0.5, 0.6) is 0 Å². The molecule has 0 spiro atoms. The van der Waals surface area contributed by atoms with E-state index in [1.54, 1.807) is 4.52 Å². The topological polar surface area (TPSA) is 72.2 Å². The number of fused-ring (bicyclic) bond motifs is 2. The number of carbonyl (C=O) groups excluding carboxylic acids is 1. The molecule has 1 N–H and O–H groups in total. The maximum Gasteiger partial charge on any atom is 0.253 e. The Kier molecular flexibility index (Phi) is 6.37. The van der Waals surface area contributed by atoms with Gasteiger partial charge in [-0.3, -0.25) is 4.79 Å². The molecule has 7 heteroatoms. The summed E-state index contributed by atoms with van der Waals surface area (Å²) in [4.78, 5) is 22.0. The Morgan fingerprint density at radius 3 is 2.74 bits per heavy atom. The summed E-state index contributed by atoms with van der Waals surface area (Å²) in [5, 5.41) is 8.43. The molecule has 174 valence electrons. The molecule has 5 rings (SSSR count). The minimum atomic E-state index is 0.00617. The molecule has 0 aliphatic heterocycles. The minimum absolute atomic E-state index is 0.00617. The second-order valence-electron chi connectivity index (χ2n) is 8.97. The number of amides is 1. The van der Waals surface area contributed by atoms with Gasteiger partial charge in [-0.2, -0.15) is 4.98 Å². The molecule has 1 amide bonds. The molecular weight excluding hydrogens is 442 g/mol. The van der Waals surface area contributed by atoms with E-state index in [0.717, 1.165) is 42.6 Å². The Morgan fingerprint density at radius 2 is 1.88 bits per heavy atom. The average Bonchev–Trinajstić information content (AvgIpc) is 3.25. The third-order valence-corrected chi connectivity index (χ3v) is 7.53. The predicted molar refractivity (Wildman–Crippen MR) is 135 cm³/mol. The highest BCUT2D eigenvalue weighted by atomic mass is 32.2. The lowest BCUT2D eigenvalue weighted by Gasteiger charge is -2.26. The van der Waals surface area contributed by atoms with E-state index in [1.807, 2.05) is 13.0 Å². The van der Waals surface area contributed by atoms with Crippen LogP contribution < -0.4 is 5.32 Å². The van der Waals surface area contributed by atoms with E-state index < -0.39 is 0 Å². The van der Waals surface area contributed by atoms with Crippen molar-refractivity contribution in [2.24, 2.45) is 0 Å². The zero-order valence-corrected chi connectivity index (χ0v) is 20.7. The minimum Gasteiger partial charge on any atom is -0.349 e. The van der Waals surface area contributed by atoms with Gasteiger partial charge >= 0.3 is 0 Å². The van der Waals surface area contributed by atoms with Gasteiger partial charge in [-0.25, -0.2) is 9.50 Å². The second kappa shape index (κ2) is 9.58. The number of aromatic nitrogens is 4. The fourth-order valence-corrected chi connectivity index (χ4v) is 5.40. The van der Waals surface area contributed by atoms with Crippen LogP contribution in [0.1, 0.15) is 58.1 Å². The summed E-state index contributed by atoms with van der Waals surface area (Å²) in [6, 6.07) is 16.9. The van der Waals surface area contributed by atoms with E-state index in [1.165, 1.54) is 34.0 Å². The summed E-state index contributed by atoms with van der Waals surface area (Å²) in [7, 11) is 0. The lowest BCUT2D eigenvalue weighted by molar-refractivity contribution is -0.119. The van der Waals surface area contributed by atoms with Gasteiger partial charge < -0.3 is 5.32 Å². The maximum absolute atomic E-state index is 12.7. The maximum atomic E-state index is 12.7. The first-order valence-electron chi connectivity index (χ1n) is 11.8. The van der Waals surface area contributed by atoms with E-state index in [2.05, 4.69) is 71.7 Å². The molecule has 34 heavy (non-hydrogen) atoms. The average molecular weight is 472 g/mol. The van der Waals surface area contributed by atoms with Crippen molar-refractivity contribution in [3.05, 3.63) is 87.7 Å². The number of nitrogens with one attached hydrogen (secondary N) is 1. The molecule has 1 aliphatic carbocycles. The monoisotopic (exact) mass is 471 g/mol. The predicted octanol–water partition coefficient (Wildman–Crippen LogP) is 4.93. The van der Waals surface area contributed by atoms with Crippen molar-refractivity contribution in [2.75, 3.05) is 5.75 Å². The summed E-state index contributed by atoms with van der Waals surface area (Å²) < 4.78 is 1.80. The number of nitrogens with zero attached hydrogens (tertiary/aromatic N) is 4. The highest BCUT2D eigenvalue weighted by Crippen LogP contribution is 2.29. The standard InChI is InChI=1S/C27H29N5OS/c1-17-9-4-5-11-21(17)15-23-18(2)28-26-30-27(31-32(26)19(23)3)34-16-25(33)29-24-14-8-12-20-10-6-7-13-22(20)24/h4-7,9-11,13,24H,8,12,14-16H2,1-3H3,(H,29,33)/t24-/m1/s1. The molecule has 2 aromatic carbocycles. The van der Waals surface area contributed by atoms with Gasteiger partial charge in [-0.1, -0.05) is 60.3 Å². The van der Waals surface area contributed by atoms with Crippen molar-refractivity contribution in [3.63, 3.8) is 0 Å². The van der Waals surface area contributed by atoms with E-state index in [-0.39, 0.29) is 17.7 Å². The van der Waals surface area contributed by atoms with E-state index in [0.29, 0.717) is 10.9 Å². The van der Waals surface area contributed by atoms with Gasteiger partial charge in [-0.05, 0) is 67.9 Å². The summed E-state index contributed by atoms with van der Waals surface area (Å²) >= 11 is 1.36. The molecule has 0 radical (unpaired) electrons. The van der Waals surface area contributed by atoms with Crippen LogP contribution in [0, 0.1) is 20.8 Å². The summed E-state index contributed by atoms with van der Waals surface area (Å²) in [6.07, 6.45) is 3.96. The van der Waals surface area contributed by atoms with Gasteiger partial charge in [0.05, 0.1) is 11.8 Å². The fraction of sp³-hybridized carbons (Fsp3) is 0.333. The van der Waals surface area contributed by atoms with E-state index in [4.69, 9.17) is 4.98 Å². The van der Waals surface area contributed by atoms with Gasteiger partial charge in [0.15, 0.2) is 0 Å². The number of benzene rings is 2. The van der Waals surface area contributed by atoms with Crippen molar-refractivity contribution >= 4 is 23.4 Å². The molecule has 6 nitrogen and oxygen atoms in total. The fourth-order valence-electron chi connectivity index (χ4n) is 4.78. The van der Waals surface area contributed by atoms with Crippen molar-refractivity contribution in [1.29, 1.82) is 0 Å². The smallest absolute Gasteiger partial charge is 0.253 e. The quantitative estimate of drug-likeness (QED) is 0.404. The van der Waals surface area contributed by atoms with E-state index in [9.17, 15) is 4.79 Å². The highest BCUT2D eigenvalue weighted by molar-refractivity contribution is 7.99. The first-order valence-corrected chi connectivity index (χ1v) is 12.8. The number of rotatable bonds is 6. The van der Waals surface area contributed by atoms with Crippen molar-refractivity contribution in [2.45, 2.75) is 57.7 Å². The molecule has 0 saturated heterocycles. The van der Waals surface area contributed by atoms with Gasteiger partial charge in [0, 0.05) is 17.8 Å². The van der Waals surface area contributed by atoms with Crippen molar-refractivity contribution in [1.82, 2.24) is 24.9 Å². The number of hydrogen-bond acceptors (Lipinski definition) is 5. The van der Waals surface area contributed by atoms with Crippen LogP contribution >= 0.6 is 11.8 Å². The first-order chi connectivity index (χ1) is 16.5. The summed E-state index contributed by atoms with van der Waals surface area (Å²) in [6.45, 7) is 6.22. The van der Waals surface area contributed by atoms with Crippen LogP contribution in [-0.4, -0.2) is 31.2 Å². The largest absolute Gasteiger partial charge is 0.349 e. The first kappa shape index (κ1) is 22.6. The SMILES string of the molecule is Cc1ccccc1Cc1c(C)nc2nc(SCC(=O)N[C@@H]3CCCc4ccccc43)nn2c1C. The van der Waals surface area contributed by atoms with Crippen molar-refractivity contribution < 1.29 is 4.79 Å². The zero-order chi connectivity index (χ0) is 23.7. The molecule has 1 atom stereocenters. The Bertz CT molecular complexity index is 1360. The Hall–Kier alpha value is -3.19. The molecule has 2 heterocycles. The van der Waals surface area contributed by atoms with Gasteiger partial charge in [0.1, 0.15) is 0 Å². The number of aryl methyl sites for hydroxylation is 4. The molecular formula is C27H29N5OS. The van der Waals surface area contributed by atoms with Gasteiger partial charge in [0.25, 0.3) is 5.78 Å². The Labute approximate surface area is 204 Å². The van der Waals surface area contributed by atoms with Crippen LogP contribution in [-0.2, 0) is 17.6 Å². The lowest BCUT2D eigenvalue weighted by atomic mass is 9.88. The number of carbonyl (C=O) groups is 1. The lowest BCUT2D eigenvalue weighted by Crippen LogP contribution is -2.32. The summed E-state index contributed by atoms with van der Waals surface area (Å²) in [5.41, 5.74) is 8.30. The Morgan fingerprint density at radius 1 is 1.09 bits per heavy atom. The normalized spacial score (nSPS) is 15.3. The van der Waals surface area contributed by atoms with Crippen LogP contribution in [0.2, 0.25) is 0 Å². The number of thioether (sulfide) groups is 1. The molecule has 0 unspecified atom stereocenters. The molecule has 4 aromatic rings. The van der Waals surface area contributed by atoms with Gasteiger partial charge in [0.2, 0.25) is 11.1 Å². The molecule has 1 aliphatic rings. The van der Waals surface area contributed by atoms with Gasteiger partial charge in [-0.15, -0.1) is 5.10 Å². The number of hydrogen-bond donors (Lipinski definition) is 1. The van der Waals surface area contributed by atoms with Crippen LogP contribution in [0.25, 0.3) is 5.78 Å². The third-order valence-electron chi connectivity index (χ3n) is 6.70. The summed E-state index contributed by atoms with van der Waals surface area (Å²) in [5.74, 6) is 0.864. The molecule has 0 saturated carbocycles. The van der Waals surface area contributed by atoms with E-state index >= 15 is 0 Å². The molecule has 0 fully saturated rings. The van der Waals surface area contributed by atoms with Crippen molar-refractivity contribution in [3.8, 4) is 0 Å². The Balaban J connectivity index is 1.29. The van der Waals surface area contributed by atoms with Crippen LogP contribution in [0.4, 0.5) is 0 Å². The van der Waals surface area contributed by atoms with Crippen LogP contribution in [0.15, 0.2) is 53.7 Å². The molecule has 2 aromatic heterocycles. The second-order valence-corrected chi connectivity index (χ2v) is 9.91.